The van der Waals surface area contributed by atoms with Crippen LogP contribution in [0.1, 0.15) is 24.5 Å². The maximum Gasteiger partial charge on any atom is 0.101 e. The van der Waals surface area contributed by atoms with Crippen molar-refractivity contribution >= 4 is 21.6 Å². The Morgan fingerprint density at radius 2 is 2.12 bits per heavy atom. The molecule has 1 atom stereocenters. The van der Waals surface area contributed by atoms with E-state index in [1.807, 2.05) is 37.1 Å². The van der Waals surface area contributed by atoms with E-state index in [0.717, 1.165) is 16.6 Å². The molecule has 0 radical (unpaired) electrons. The molecule has 1 aromatic rings. The highest BCUT2D eigenvalue weighted by atomic mass is 79.9. The van der Waals surface area contributed by atoms with Gasteiger partial charge in [-0.3, -0.25) is 0 Å². The zero-order chi connectivity index (χ0) is 12.8. The fourth-order valence-electron chi connectivity index (χ4n) is 1.57. The number of hydrogen-bond acceptors (Lipinski definition) is 3. The van der Waals surface area contributed by atoms with Crippen LogP contribution < -0.4 is 4.90 Å². The molecule has 0 heterocycles. The number of hydrogen-bond donors (Lipinski definition) is 0. The molecule has 0 saturated heterocycles. The van der Waals surface area contributed by atoms with E-state index in [9.17, 15) is 0 Å². The molecule has 0 aliphatic carbocycles. The van der Waals surface area contributed by atoms with E-state index in [4.69, 9.17) is 10.5 Å². The van der Waals surface area contributed by atoms with Gasteiger partial charge in [0, 0.05) is 18.4 Å². The second-order valence-corrected chi connectivity index (χ2v) is 4.48. The maximum absolute atomic E-state index is 9.14. The van der Waals surface area contributed by atoms with Crippen molar-refractivity contribution in [2.45, 2.75) is 24.7 Å². The van der Waals surface area contributed by atoms with Gasteiger partial charge in [-0.15, -0.1) is 0 Å². The highest BCUT2D eigenvalue weighted by molar-refractivity contribution is 9.08. The molecule has 0 N–H and O–H groups in total. The normalized spacial score (nSPS) is 11.4. The number of halogens is 1. The zero-order valence-corrected chi connectivity index (χ0v) is 11.5. The van der Waals surface area contributed by atoms with Crippen molar-refractivity contribution in [3.8, 4) is 12.1 Å². The van der Waals surface area contributed by atoms with Crippen molar-refractivity contribution in [3.63, 3.8) is 0 Å². The summed E-state index contributed by atoms with van der Waals surface area (Å²) >= 11 is 3.37. The standard InChI is InChI=1S/C13H14BrN3/c1-10(5-6-15)17(2)13-4-3-11(8-14)7-12(13)9-16/h3-4,7,10H,5,8H2,1-2H3. The van der Waals surface area contributed by atoms with Gasteiger partial charge in [0.15, 0.2) is 0 Å². The van der Waals surface area contributed by atoms with Crippen LogP contribution in [0.5, 0.6) is 0 Å². The van der Waals surface area contributed by atoms with Crippen LogP contribution in [-0.2, 0) is 5.33 Å². The maximum atomic E-state index is 9.14. The lowest BCUT2D eigenvalue weighted by Gasteiger charge is -2.26. The molecule has 1 rings (SSSR count). The number of rotatable bonds is 4. The first-order chi connectivity index (χ1) is 8.13. The molecular formula is C13H14BrN3. The van der Waals surface area contributed by atoms with Crippen molar-refractivity contribution in [1.29, 1.82) is 10.5 Å². The van der Waals surface area contributed by atoms with Gasteiger partial charge in [0.25, 0.3) is 0 Å². The van der Waals surface area contributed by atoms with Crippen LogP contribution in [0.25, 0.3) is 0 Å². The molecule has 0 aliphatic rings. The predicted octanol–water partition coefficient (Wildman–Crippen LogP) is 3.19. The summed E-state index contributed by atoms with van der Waals surface area (Å²) in [5.41, 5.74) is 2.60. The molecule has 0 fully saturated rings. The third kappa shape index (κ3) is 3.22. The van der Waals surface area contributed by atoms with Crippen LogP contribution in [0, 0.1) is 22.7 Å². The fraction of sp³-hybridized carbons (Fsp3) is 0.385. The van der Waals surface area contributed by atoms with Gasteiger partial charge in [-0.2, -0.15) is 10.5 Å². The first kappa shape index (κ1) is 13.5. The highest BCUT2D eigenvalue weighted by Crippen LogP contribution is 2.23. The summed E-state index contributed by atoms with van der Waals surface area (Å²) in [6.45, 7) is 1.97. The Labute approximate surface area is 110 Å². The summed E-state index contributed by atoms with van der Waals surface area (Å²) in [6.07, 6.45) is 0.446. The molecule has 0 saturated carbocycles. The smallest absolute Gasteiger partial charge is 0.101 e. The van der Waals surface area contributed by atoms with Gasteiger partial charge < -0.3 is 4.90 Å². The van der Waals surface area contributed by atoms with Crippen LogP contribution in [-0.4, -0.2) is 13.1 Å². The molecule has 0 spiro atoms. The van der Waals surface area contributed by atoms with Gasteiger partial charge >= 0.3 is 0 Å². The van der Waals surface area contributed by atoms with E-state index >= 15 is 0 Å². The summed E-state index contributed by atoms with van der Waals surface area (Å²) in [5.74, 6) is 0. The van der Waals surface area contributed by atoms with Gasteiger partial charge in [-0.05, 0) is 24.6 Å². The van der Waals surface area contributed by atoms with Crippen molar-refractivity contribution in [2.75, 3.05) is 11.9 Å². The van der Waals surface area contributed by atoms with E-state index in [-0.39, 0.29) is 6.04 Å². The Bertz CT molecular complexity index is 471. The SMILES string of the molecule is CC(CC#N)N(C)c1ccc(CBr)cc1C#N. The van der Waals surface area contributed by atoms with Crippen molar-refractivity contribution in [2.24, 2.45) is 0 Å². The quantitative estimate of drug-likeness (QED) is 0.801. The van der Waals surface area contributed by atoms with E-state index in [1.165, 1.54) is 0 Å². The molecular weight excluding hydrogens is 278 g/mol. The first-order valence-corrected chi connectivity index (χ1v) is 6.45. The van der Waals surface area contributed by atoms with Crippen molar-refractivity contribution in [3.05, 3.63) is 29.3 Å². The summed E-state index contributed by atoms with van der Waals surface area (Å²) in [7, 11) is 1.91. The number of alkyl halides is 1. The van der Waals surface area contributed by atoms with Crippen LogP contribution >= 0.6 is 15.9 Å². The predicted molar refractivity (Wildman–Crippen MR) is 71.9 cm³/mol. The van der Waals surface area contributed by atoms with Crippen molar-refractivity contribution in [1.82, 2.24) is 0 Å². The lowest BCUT2D eigenvalue weighted by Crippen LogP contribution is -2.29. The second kappa shape index (κ2) is 6.27. The fourth-order valence-corrected chi connectivity index (χ4v) is 1.92. The molecule has 1 aromatic carbocycles. The summed E-state index contributed by atoms with van der Waals surface area (Å²) in [5, 5.41) is 18.6. The minimum atomic E-state index is 0.0990. The molecule has 0 aliphatic heterocycles. The molecule has 1 unspecified atom stereocenters. The molecule has 0 bridgehead atoms. The largest absolute Gasteiger partial charge is 0.370 e. The lowest BCUT2D eigenvalue weighted by atomic mass is 10.1. The van der Waals surface area contributed by atoms with Gasteiger partial charge in [0.2, 0.25) is 0 Å². The zero-order valence-electron chi connectivity index (χ0n) is 9.94. The Kier molecular flexibility index (Phi) is 5.00. The highest BCUT2D eigenvalue weighted by Gasteiger charge is 2.13. The number of nitriles is 2. The van der Waals surface area contributed by atoms with E-state index in [2.05, 4.69) is 28.1 Å². The molecule has 0 amide bonds. The Morgan fingerprint density at radius 1 is 1.41 bits per heavy atom. The Balaban J connectivity index is 3.06. The van der Waals surface area contributed by atoms with Crippen molar-refractivity contribution < 1.29 is 0 Å². The van der Waals surface area contributed by atoms with Gasteiger partial charge in [-0.25, -0.2) is 0 Å². The average Bonchev–Trinajstić information content (AvgIpc) is 2.37. The van der Waals surface area contributed by atoms with Crippen LogP contribution in [0.4, 0.5) is 5.69 Å². The van der Waals surface area contributed by atoms with Gasteiger partial charge in [-0.1, -0.05) is 22.0 Å². The van der Waals surface area contributed by atoms with E-state index in [0.29, 0.717) is 12.0 Å². The first-order valence-electron chi connectivity index (χ1n) is 5.32. The molecule has 17 heavy (non-hydrogen) atoms. The molecule has 3 nitrogen and oxygen atoms in total. The number of benzene rings is 1. The minimum Gasteiger partial charge on any atom is -0.370 e. The third-order valence-electron chi connectivity index (χ3n) is 2.76. The van der Waals surface area contributed by atoms with Crippen LogP contribution in [0.3, 0.4) is 0 Å². The van der Waals surface area contributed by atoms with E-state index in [1.54, 1.807) is 0 Å². The van der Waals surface area contributed by atoms with Crippen LogP contribution in [0.2, 0.25) is 0 Å². The number of nitrogens with zero attached hydrogens (tertiary/aromatic N) is 3. The average molecular weight is 292 g/mol. The monoisotopic (exact) mass is 291 g/mol. The lowest BCUT2D eigenvalue weighted by molar-refractivity contribution is 0.702. The van der Waals surface area contributed by atoms with Gasteiger partial charge in [0.1, 0.15) is 6.07 Å². The third-order valence-corrected chi connectivity index (χ3v) is 3.41. The van der Waals surface area contributed by atoms with Crippen LogP contribution in [0.15, 0.2) is 18.2 Å². The molecule has 0 aromatic heterocycles. The topological polar surface area (TPSA) is 50.8 Å². The Morgan fingerprint density at radius 3 is 2.65 bits per heavy atom. The molecule has 88 valence electrons. The summed E-state index contributed by atoms with van der Waals surface area (Å²) in [6, 6.07) is 10.2. The molecule has 4 heteroatoms. The minimum absolute atomic E-state index is 0.0990. The van der Waals surface area contributed by atoms with E-state index < -0.39 is 0 Å². The second-order valence-electron chi connectivity index (χ2n) is 3.92. The van der Waals surface area contributed by atoms with Gasteiger partial charge in [0.05, 0.1) is 23.7 Å². The Hall–Kier alpha value is -1.52. The summed E-state index contributed by atoms with van der Waals surface area (Å²) in [4.78, 5) is 1.97. The summed E-state index contributed by atoms with van der Waals surface area (Å²) < 4.78 is 0. The number of anilines is 1.